The van der Waals surface area contributed by atoms with Gasteiger partial charge in [-0.3, -0.25) is 9.36 Å². The first-order chi connectivity index (χ1) is 15.3. The minimum absolute atomic E-state index is 0.0374. The van der Waals surface area contributed by atoms with E-state index >= 15 is 0 Å². The second-order valence-corrected chi connectivity index (χ2v) is 10.5. The SMILES string of the molecule is C=C1N=C(N)C(F)=CN1[C@@H]1O[C@H](COP(C)(=O)N[C@@H](C)C(=O)OC(C)C)C(CO)(CO)[C@@H]1O. The number of carbonyl (C=O) groups is 1. The van der Waals surface area contributed by atoms with E-state index < -0.39 is 74.9 Å². The van der Waals surface area contributed by atoms with Gasteiger partial charge in [0, 0.05) is 12.9 Å². The van der Waals surface area contributed by atoms with Gasteiger partial charge in [0.15, 0.2) is 17.9 Å². The van der Waals surface area contributed by atoms with Gasteiger partial charge in [-0.05, 0) is 20.8 Å². The maximum Gasteiger partial charge on any atom is 0.323 e. The molecule has 0 aromatic carbocycles. The lowest BCUT2D eigenvalue weighted by atomic mass is 9.80. The van der Waals surface area contributed by atoms with Crippen LogP contribution >= 0.6 is 7.52 Å². The monoisotopic (exact) mass is 494 g/mol. The minimum atomic E-state index is -3.59. The van der Waals surface area contributed by atoms with Gasteiger partial charge in [0.1, 0.15) is 18.0 Å². The van der Waals surface area contributed by atoms with E-state index in [1.54, 1.807) is 13.8 Å². The molecule has 5 atom stereocenters. The largest absolute Gasteiger partial charge is 0.462 e. The predicted octanol–water partition coefficient (Wildman–Crippen LogP) is -0.233. The van der Waals surface area contributed by atoms with Crippen molar-refractivity contribution < 1.29 is 43.1 Å². The number of ether oxygens (including phenoxy) is 2. The van der Waals surface area contributed by atoms with Crippen LogP contribution in [0.4, 0.5) is 4.39 Å². The number of nitrogens with zero attached hydrogens (tertiary/aromatic N) is 2. The van der Waals surface area contributed by atoms with Crippen molar-refractivity contribution in [1.29, 1.82) is 0 Å². The number of nitrogens with one attached hydrogen (secondary N) is 1. The van der Waals surface area contributed by atoms with Gasteiger partial charge in [-0.25, -0.2) is 14.5 Å². The van der Waals surface area contributed by atoms with Gasteiger partial charge in [0.2, 0.25) is 0 Å². The summed E-state index contributed by atoms with van der Waals surface area (Å²) in [5, 5.41) is 33.4. The molecule has 0 amide bonds. The van der Waals surface area contributed by atoms with Crippen molar-refractivity contribution in [1.82, 2.24) is 9.99 Å². The molecule has 1 fully saturated rings. The number of nitrogens with two attached hydrogens (primary N) is 1. The Bertz CT molecular complexity index is 863. The fraction of sp³-hybridized carbons (Fsp3) is 0.684. The highest BCUT2D eigenvalue weighted by atomic mass is 31.2. The van der Waals surface area contributed by atoms with Crippen LogP contribution in [-0.2, 0) is 23.4 Å². The summed E-state index contributed by atoms with van der Waals surface area (Å²) in [5.41, 5.74) is 3.78. The van der Waals surface area contributed by atoms with Gasteiger partial charge in [0.05, 0.1) is 37.4 Å². The third kappa shape index (κ3) is 5.99. The van der Waals surface area contributed by atoms with Gasteiger partial charge in [0.25, 0.3) is 7.52 Å². The van der Waals surface area contributed by atoms with E-state index in [2.05, 4.69) is 16.7 Å². The average Bonchev–Trinajstić information content (AvgIpc) is 3.00. The lowest BCUT2D eigenvalue weighted by Gasteiger charge is -2.34. The molecule has 1 unspecified atom stereocenters. The van der Waals surface area contributed by atoms with E-state index in [0.29, 0.717) is 0 Å². The number of esters is 1. The number of rotatable bonds is 10. The number of hydrogen-bond donors (Lipinski definition) is 5. The molecule has 12 nitrogen and oxygen atoms in total. The third-order valence-corrected chi connectivity index (χ3v) is 6.82. The van der Waals surface area contributed by atoms with Crippen molar-refractivity contribution in [3.63, 3.8) is 0 Å². The summed E-state index contributed by atoms with van der Waals surface area (Å²) >= 11 is 0. The topological polar surface area (TPSA) is 176 Å². The molecule has 0 aromatic heterocycles. The third-order valence-electron chi connectivity index (χ3n) is 5.32. The maximum absolute atomic E-state index is 14.0. The van der Waals surface area contributed by atoms with Gasteiger partial charge in [-0.1, -0.05) is 6.58 Å². The number of aliphatic imine (C=N–C) groups is 1. The standard InChI is InChI=1S/C19H32FN4O8P/c1-10(2)31-18(28)11(3)23-33(5,29)30-7-14-19(8-25,9-26)15(27)17(32-14)24-6-13(20)16(21)22-12(24)4/h6,10-11,14-15,17,25-27H,4,7-9H2,1-3,5H3,(H2,21,22)(H,23,29)/t11-,14+,15+,17+,33?/m0/s1. The number of aliphatic hydroxyl groups is 3. The van der Waals surface area contributed by atoms with Crippen molar-refractivity contribution in [3.8, 4) is 0 Å². The molecule has 33 heavy (non-hydrogen) atoms. The zero-order valence-electron chi connectivity index (χ0n) is 19.0. The van der Waals surface area contributed by atoms with Crippen LogP contribution in [0.1, 0.15) is 20.8 Å². The summed E-state index contributed by atoms with van der Waals surface area (Å²) in [6.45, 7) is 7.77. The molecule has 1 saturated heterocycles. The molecule has 2 aliphatic rings. The number of halogens is 1. The summed E-state index contributed by atoms with van der Waals surface area (Å²) in [6, 6.07) is -0.945. The van der Waals surface area contributed by atoms with Crippen LogP contribution < -0.4 is 10.8 Å². The molecule has 2 rings (SSSR count). The molecular weight excluding hydrogens is 462 g/mol. The van der Waals surface area contributed by atoms with Crippen molar-refractivity contribution >= 4 is 19.3 Å². The zero-order valence-corrected chi connectivity index (χ0v) is 19.9. The van der Waals surface area contributed by atoms with Crippen LogP contribution in [0.3, 0.4) is 0 Å². The Balaban J connectivity index is 2.16. The fourth-order valence-corrected chi connectivity index (χ4v) is 4.74. The zero-order chi connectivity index (χ0) is 25.1. The Morgan fingerprint density at radius 3 is 2.61 bits per heavy atom. The number of aliphatic hydroxyl groups excluding tert-OH is 3. The van der Waals surface area contributed by atoms with Gasteiger partial charge in [-0.15, -0.1) is 0 Å². The Hall–Kier alpha value is -1.86. The van der Waals surface area contributed by atoms with Crippen molar-refractivity contribution in [2.24, 2.45) is 16.1 Å². The van der Waals surface area contributed by atoms with Crippen LogP contribution in [0.5, 0.6) is 0 Å². The lowest BCUT2D eigenvalue weighted by molar-refractivity contribution is -0.149. The lowest BCUT2D eigenvalue weighted by Crippen LogP contribution is -2.50. The summed E-state index contributed by atoms with van der Waals surface area (Å²) in [7, 11) is -3.59. The first kappa shape index (κ1) is 27.4. The highest BCUT2D eigenvalue weighted by Gasteiger charge is 2.58. The van der Waals surface area contributed by atoms with E-state index in [-0.39, 0.29) is 11.9 Å². The minimum Gasteiger partial charge on any atom is -0.462 e. The fourth-order valence-electron chi connectivity index (χ4n) is 3.44. The van der Waals surface area contributed by atoms with Crippen LogP contribution in [0.25, 0.3) is 0 Å². The van der Waals surface area contributed by atoms with E-state index in [0.717, 1.165) is 11.1 Å². The molecular formula is C19H32FN4O8P. The molecule has 0 aliphatic carbocycles. The van der Waals surface area contributed by atoms with Crippen molar-refractivity contribution in [2.45, 2.75) is 51.4 Å². The number of amidine groups is 1. The first-order valence-electron chi connectivity index (χ1n) is 10.2. The molecule has 0 aromatic rings. The van der Waals surface area contributed by atoms with E-state index in [1.807, 2.05) is 0 Å². The molecule has 14 heteroatoms. The van der Waals surface area contributed by atoms with Crippen LogP contribution in [0.15, 0.2) is 29.4 Å². The smallest absolute Gasteiger partial charge is 0.323 e. The summed E-state index contributed by atoms with van der Waals surface area (Å²) in [6.07, 6.45) is -3.46. The molecule has 0 saturated carbocycles. The summed E-state index contributed by atoms with van der Waals surface area (Å²) < 4.78 is 43.1. The molecule has 0 spiro atoms. The molecule has 188 valence electrons. The predicted molar refractivity (Wildman–Crippen MR) is 116 cm³/mol. The summed E-state index contributed by atoms with van der Waals surface area (Å²) in [4.78, 5) is 16.8. The van der Waals surface area contributed by atoms with Gasteiger partial charge >= 0.3 is 5.97 Å². The van der Waals surface area contributed by atoms with Crippen LogP contribution in [0.2, 0.25) is 0 Å². The second-order valence-electron chi connectivity index (χ2n) is 8.29. The van der Waals surface area contributed by atoms with Gasteiger partial charge < -0.3 is 40.0 Å². The maximum atomic E-state index is 14.0. The Morgan fingerprint density at radius 1 is 1.45 bits per heavy atom. The normalized spacial score (nSPS) is 27.7. The molecule has 2 heterocycles. The Kier molecular flexibility index (Phi) is 8.80. The van der Waals surface area contributed by atoms with E-state index in [1.165, 1.54) is 13.6 Å². The quantitative estimate of drug-likeness (QED) is 0.200. The molecule has 0 radical (unpaired) electrons. The van der Waals surface area contributed by atoms with Crippen molar-refractivity contribution in [2.75, 3.05) is 26.5 Å². The summed E-state index contributed by atoms with van der Waals surface area (Å²) in [5.74, 6) is -1.95. The van der Waals surface area contributed by atoms with Crippen LogP contribution in [0, 0.1) is 5.41 Å². The Morgan fingerprint density at radius 2 is 2.06 bits per heavy atom. The number of hydrogen-bond acceptors (Lipinski definition) is 11. The highest BCUT2D eigenvalue weighted by Crippen LogP contribution is 2.45. The number of carbonyl (C=O) groups excluding carboxylic acids is 1. The second kappa shape index (κ2) is 10.6. The molecule has 2 aliphatic heterocycles. The van der Waals surface area contributed by atoms with E-state index in [4.69, 9.17) is 19.7 Å². The van der Waals surface area contributed by atoms with E-state index in [9.17, 15) is 29.1 Å². The van der Waals surface area contributed by atoms with Crippen LogP contribution in [-0.4, -0.2) is 89.1 Å². The first-order valence-corrected chi connectivity index (χ1v) is 12.3. The molecule has 0 bridgehead atoms. The molecule has 6 N–H and O–H groups in total. The van der Waals surface area contributed by atoms with Gasteiger partial charge in [-0.2, -0.15) is 0 Å². The average molecular weight is 494 g/mol. The highest BCUT2D eigenvalue weighted by molar-refractivity contribution is 7.56. The Labute approximate surface area is 191 Å². The van der Waals surface area contributed by atoms with Crippen molar-refractivity contribution in [3.05, 3.63) is 24.4 Å².